The van der Waals surface area contributed by atoms with Crippen LogP contribution in [-0.4, -0.2) is 31.1 Å². The average Bonchev–Trinajstić information content (AvgIpc) is 2.75. The van der Waals surface area contributed by atoms with Crippen LogP contribution in [0.2, 0.25) is 0 Å². The molecule has 0 bridgehead atoms. The molecule has 0 amide bonds. The third-order valence-electron chi connectivity index (χ3n) is 3.15. The van der Waals surface area contributed by atoms with Gasteiger partial charge in [-0.15, -0.1) is 0 Å². The predicted octanol–water partition coefficient (Wildman–Crippen LogP) is -0.225. The highest BCUT2D eigenvalue weighted by atomic mass is 16.5. The highest BCUT2D eigenvalue weighted by Gasteiger charge is 2.30. The number of carbonyl (C=O) groups is 1. The van der Waals surface area contributed by atoms with Gasteiger partial charge in [0.05, 0.1) is 13.0 Å². The Balaban J connectivity index is 1.92. The van der Waals surface area contributed by atoms with Crippen molar-refractivity contribution in [3.8, 4) is 0 Å². The van der Waals surface area contributed by atoms with E-state index in [-0.39, 0.29) is 11.9 Å². The van der Waals surface area contributed by atoms with E-state index in [2.05, 4.69) is 10.1 Å². The minimum atomic E-state index is -0.0971. The van der Waals surface area contributed by atoms with E-state index in [4.69, 9.17) is 9.26 Å². The van der Waals surface area contributed by atoms with Crippen molar-refractivity contribution >= 4 is 19.5 Å². The van der Waals surface area contributed by atoms with E-state index in [1.807, 2.05) is 7.85 Å². The van der Waals surface area contributed by atoms with Gasteiger partial charge in [-0.25, -0.2) is 4.98 Å². The Bertz CT molecular complexity index is 372. The molecule has 0 spiro atoms. The van der Waals surface area contributed by atoms with E-state index in [1.165, 1.54) is 7.11 Å². The molecular weight excluding hydrogens is 207 g/mol. The van der Waals surface area contributed by atoms with Gasteiger partial charge >= 0.3 is 5.97 Å². The number of aromatic nitrogens is 2. The molecule has 1 saturated carbocycles. The second kappa shape index (κ2) is 4.68. The summed E-state index contributed by atoms with van der Waals surface area (Å²) in [6.45, 7) is 0. The summed E-state index contributed by atoms with van der Waals surface area (Å²) in [7, 11) is 3.25. The Hall–Kier alpha value is -1.33. The molecule has 2 rings (SSSR count). The standard InChI is InChI=1S/C10H15BN2O3/c1-15-9(14)7-4-2-6(3-5-7)8-12-10(11)13-16-8/h6-7H,2-5,11H2,1H3. The summed E-state index contributed by atoms with van der Waals surface area (Å²) in [6, 6.07) is 0. The predicted molar refractivity (Wildman–Crippen MR) is 59.2 cm³/mol. The minimum absolute atomic E-state index is 0.0465. The number of carbonyl (C=O) groups excluding carboxylic acids is 1. The molecule has 5 nitrogen and oxygen atoms in total. The fourth-order valence-electron chi connectivity index (χ4n) is 2.22. The molecule has 1 aromatic heterocycles. The number of methoxy groups -OCH3 is 1. The van der Waals surface area contributed by atoms with Crippen molar-refractivity contribution < 1.29 is 14.1 Å². The van der Waals surface area contributed by atoms with E-state index in [0.717, 1.165) is 25.7 Å². The second-order valence-electron chi connectivity index (χ2n) is 4.25. The highest BCUT2D eigenvalue weighted by molar-refractivity contribution is 6.28. The first-order valence-electron chi connectivity index (χ1n) is 5.58. The molecule has 0 aliphatic heterocycles. The van der Waals surface area contributed by atoms with E-state index >= 15 is 0 Å². The highest BCUT2D eigenvalue weighted by Crippen LogP contribution is 2.34. The van der Waals surface area contributed by atoms with Crippen molar-refractivity contribution in [3.05, 3.63) is 5.89 Å². The molecular formula is C10H15BN2O3. The lowest BCUT2D eigenvalue weighted by Crippen LogP contribution is -2.22. The quantitative estimate of drug-likeness (QED) is 0.511. The van der Waals surface area contributed by atoms with Crippen LogP contribution in [-0.2, 0) is 9.53 Å². The molecule has 6 heteroatoms. The van der Waals surface area contributed by atoms with Crippen molar-refractivity contribution in [1.82, 2.24) is 10.1 Å². The molecule has 1 aliphatic carbocycles. The molecule has 1 aromatic rings. The Morgan fingerprint density at radius 1 is 1.44 bits per heavy atom. The van der Waals surface area contributed by atoms with Gasteiger partial charge < -0.3 is 9.26 Å². The number of ether oxygens (including phenoxy) is 1. The third kappa shape index (κ3) is 2.26. The zero-order valence-corrected chi connectivity index (χ0v) is 9.60. The maximum absolute atomic E-state index is 11.3. The normalized spacial score (nSPS) is 25.3. The van der Waals surface area contributed by atoms with Crippen LogP contribution in [0.15, 0.2) is 4.52 Å². The molecule has 1 heterocycles. The molecule has 0 N–H and O–H groups in total. The molecule has 0 atom stereocenters. The van der Waals surface area contributed by atoms with Crippen molar-refractivity contribution in [2.45, 2.75) is 31.6 Å². The van der Waals surface area contributed by atoms with Crippen LogP contribution in [0.25, 0.3) is 0 Å². The zero-order chi connectivity index (χ0) is 11.5. The van der Waals surface area contributed by atoms with Crippen molar-refractivity contribution in [1.29, 1.82) is 0 Å². The van der Waals surface area contributed by atoms with Gasteiger partial charge in [-0.05, 0) is 25.7 Å². The third-order valence-corrected chi connectivity index (χ3v) is 3.15. The number of nitrogens with zero attached hydrogens (tertiary/aromatic N) is 2. The lowest BCUT2D eigenvalue weighted by atomic mass is 9.82. The summed E-state index contributed by atoms with van der Waals surface area (Å²) in [6.07, 6.45) is 3.53. The Kier molecular flexibility index (Phi) is 3.26. The molecule has 1 fully saturated rings. The fourth-order valence-corrected chi connectivity index (χ4v) is 2.22. The number of esters is 1. The van der Waals surface area contributed by atoms with Crippen LogP contribution >= 0.6 is 0 Å². The molecule has 86 valence electrons. The summed E-state index contributed by atoms with van der Waals surface area (Å²) in [5.74, 6) is 0.966. The molecule has 16 heavy (non-hydrogen) atoms. The van der Waals surface area contributed by atoms with Gasteiger partial charge in [0.25, 0.3) is 0 Å². The fraction of sp³-hybridized carbons (Fsp3) is 0.700. The van der Waals surface area contributed by atoms with Crippen LogP contribution in [0.1, 0.15) is 37.5 Å². The van der Waals surface area contributed by atoms with Crippen molar-refractivity contribution in [3.63, 3.8) is 0 Å². The summed E-state index contributed by atoms with van der Waals surface area (Å²) in [5, 5.41) is 3.78. The van der Waals surface area contributed by atoms with Gasteiger partial charge in [-0.2, -0.15) is 0 Å². The lowest BCUT2D eigenvalue weighted by Gasteiger charge is -2.24. The van der Waals surface area contributed by atoms with Crippen molar-refractivity contribution in [2.75, 3.05) is 7.11 Å². The van der Waals surface area contributed by atoms with E-state index in [9.17, 15) is 4.79 Å². The number of hydrogen-bond donors (Lipinski definition) is 0. The monoisotopic (exact) mass is 222 g/mol. The first-order chi connectivity index (χ1) is 7.70. The van der Waals surface area contributed by atoms with Crippen LogP contribution in [0.4, 0.5) is 0 Å². The summed E-state index contributed by atoms with van der Waals surface area (Å²) in [4.78, 5) is 15.6. The molecule has 1 aliphatic rings. The van der Waals surface area contributed by atoms with Gasteiger partial charge in [-0.1, -0.05) is 5.16 Å². The summed E-state index contributed by atoms with van der Waals surface area (Å²) >= 11 is 0. The summed E-state index contributed by atoms with van der Waals surface area (Å²) in [5.41, 5.74) is 0.671. The molecule has 0 aromatic carbocycles. The first kappa shape index (κ1) is 11.2. The second-order valence-corrected chi connectivity index (χ2v) is 4.25. The van der Waals surface area contributed by atoms with Crippen LogP contribution < -0.4 is 5.72 Å². The van der Waals surface area contributed by atoms with Crippen LogP contribution in [0.3, 0.4) is 0 Å². The Labute approximate surface area is 95.0 Å². The topological polar surface area (TPSA) is 65.2 Å². The molecule has 0 saturated heterocycles. The zero-order valence-electron chi connectivity index (χ0n) is 9.60. The van der Waals surface area contributed by atoms with Gasteiger partial charge in [0.2, 0.25) is 5.89 Å². The van der Waals surface area contributed by atoms with Gasteiger partial charge in [0.1, 0.15) is 5.72 Å². The van der Waals surface area contributed by atoms with E-state index < -0.39 is 0 Å². The van der Waals surface area contributed by atoms with Gasteiger partial charge in [-0.3, -0.25) is 4.79 Å². The smallest absolute Gasteiger partial charge is 0.308 e. The largest absolute Gasteiger partial charge is 0.469 e. The van der Waals surface area contributed by atoms with Gasteiger partial charge in [0, 0.05) is 5.92 Å². The van der Waals surface area contributed by atoms with Crippen LogP contribution in [0, 0.1) is 5.92 Å². The average molecular weight is 222 g/mol. The number of hydrogen-bond acceptors (Lipinski definition) is 5. The van der Waals surface area contributed by atoms with Gasteiger partial charge in [0.15, 0.2) is 7.85 Å². The maximum atomic E-state index is 11.3. The van der Waals surface area contributed by atoms with Crippen LogP contribution in [0.5, 0.6) is 0 Å². The molecule has 0 unspecified atom stereocenters. The van der Waals surface area contributed by atoms with E-state index in [0.29, 0.717) is 17.5 Å². The Morgan fingerprint density at radius 2 is 2.12 bits per heavy atom. The lowest BCUT2D eigenvalue weighted by molar-refractivity contribution is -0.146. The van der Waals surface area contributed by atoms with E-state index in [1.54, 1.807) is 0 Å². The Morgan fingerprint density at radius 3 is 2.62 bits per heavy atom. The SMILES string of the molecule is Bc1noc(C2CCC(C(=O)OC)CC2)n1. The first-order valence-corrected chi connectivity index (χ1v) is 5.58. The van der Waals surface area contributed by atoms with Crippen molar-refractivity contribution in [2.24, 2.45) is 5.92 Å². The molecule has 0 radical (unpaired) electrons. The minimum Gasteiger partial charge on any atom is -0.469 e. The summed E-state index contributed by atoms with van der Waals surface area (Å²) < 4.78 is 9.89. The number of rotatable bonds is 2. The maximum Gasteiger partial charge on any atom is 0.308 e.